The molecule has 0 rings (SSSR count). The Labute approximate surface area is 156 Å². The minimum Gasteiger partial charge on any atom is -0.756 e. The van der Waals surface area contributed by atoms with Crippen molar-refractivity contribution < 1.29 is 23.7 Å². The van der Waals surface area contributed by atoms with E-state index < -0.39 is 7.82 Å². The summed E-state index contributed by atoms with van der Waals surface area (Å²) in [6.07, 6.45) is 18.6. The first kappa shape index (κ1) is 27.3. The maximum atomic E-state index is 8.77. The van der Waals surface area contributed by atoms with E-state index in [-0.39, 0.29) is 0 Å². The molecular weight excluding hydrogens is 337 g/mol. The van der Waals surface area contributed by atoms with E-state index in [1.54, 1.807) is 0 Å². The molecule has 0 atom stereocenters. The van der Waals surface area contributed by atoms with Gasteiger partial charge in [0.05, 0.1) is 27.2 Å². The number of rotatable bonds is 15. The SMILES string of the molecule is CCCCCCCCCCC[N+](C)(C)CCCCCC.O=P([O-])(O)O. The lowest BCUT2D eigenvalue weighted by atomic mass is 10.1. The third kappa shape index (κ3) is 32.2. The first-order valence-electron chi connectivity index (χ1n) is 10.2. The highest BCUT2D eigenvalue weighted by molar-refractivity contribution is 7.43. The molecule has 0 aromatic heterocycles. The summed E-state index contributed by atoms with van der Waals surface area (Å²) in [5.41, 5.74) is 0. The summed E-state index contributed by atoms with van der Waals surface area (Å²) in [6.45, 7) is 7.34. The van der Waals surface area contributed by atoms with Gasteiger partial charge in [-0.25, -0.2) is 0 Å². The summed E-state index contributed by atoms with van der Waals surface area (Å²) in [6, 6.07) is 0. The molecule has 0 heterocycles. The van der Waals surface area contributed by atoms with E-state index in [2.05, 4.69) is 27.9 Å². The summed E-state index contributed by atoms with van der Waals surface area (Å²) in [5, 5.41) is 0. The standard InChI is InChI=1S/C19H42N.H3O4P/c1-5-7-9-11-12-13-14-15-17-19-20(3,4)18-16-10-8-6-2;1-5(2,3)4/h5-19H2,1-4H3;(H3,1,2,3,4)/q+1;/p-1. The van der Waals surface area contributed by atoms with Gasteiger partial charge in [-0.3, -0.25) is 4.57 Å². The zero-order valence-electron chi connectivity index (χ0n) is 17.2. The molecule has 2 N–H and O–H groups in total. The normalized spacial score (nSPS) is 12.0. The molecule has 0 aromatic rings. The van der Waals surface area contributed by atoms with Gasteiger partial charge in [0.15, 0.2) is 0 Å². The predicted molar refractivity (Wildman–Crippen MR) is 105 cm³/mol. The summed E-state index contributed by atoms with van der Waals surface area (Å²) in [7, 11) is -0.0621. The number of quaternary nitrogens is 1. The van der Waals surface area contributed by atoms with Crippen LogP contribution in [0.15, 0.2) is 0 Å². The summed E-state index contributed by atoms with van der Waals surface area (Å²) in [4.78, 5) is 22.9. The van der Waals surface area contributed by atoms with E-state index in [0.29, 0.717) is 0 Å². The Kier molecular flexibility index (Phi) is 19.1. The fraction of sp³-hybridized carbons (Fsp3) is 1.00. The van der Waals surface area contributed by atoms with Crippen LogP contribution in [0.5, 0.6) is 0 Å². The molecule has 0 aromatic carbocycles. The van der Waals surface area contributed by atoms with E-state index in [9.17, 15) is 0 Å². The molecule has 6 heteroatoms. The average Bonchev–Trinajstić information content (AvgIpc) is 2.48. The van der Waals surface area contributed by atoms with Crippen LogP contribution in [0.1, 0.15) is 97.3 Å². The first-order valence-corrected chi connectivity index (χ1v) is 11.7. The predicted octanol–water partition coefficient (Wildman–Crippen LogP) is 4.61. The van der Waals surface area contributed by atoms with Crippen molar-refractivity contribution in [1.29, 1.82) is 0 Å². The molecule has 0 fully saturated rings. The summed E-state index contributed by atoms with van der Waals surface area (Å²) < 4.78 is 10.0. The lowest BCUT2D eigenvalue weighted by molar-refractivity contribution is -0.890. The van der Waals surface area contributed by atoms with Crippen LogP contribution in [-0.4, -0.2) is 41.5 Å². The Morgan fingerprint density at radius 2 is 0.920 bits per heavy atom. The van der Waals surface area contributed by atoms with Crippen LogP contribution in [0.4, 0.5) is 0 Å². The molecule has 0 aliphatic heterocycles. The second-order valence-electron chi connectivity index (χ2n) is 7.76. The molecule has 0 amide bonds. The molecule has 5 nitrogen and oxygen atoms in total. The molecule has 0 aliphatic rings. The van der Waals surface area contributed by atoms with Crippen molar-refractivity contribution in [2.24, 2.45) is 0 Å². The molecule has 154 valence electrons. The summed E-state index contributed by atoms with van der Waals surface area (Å²) >= 11 is 0. The zero-order chi connectivity index (χ0) is 19.6. The van der Waals surface area contributed by atoms with E-state index in [1.807, 2.05) is 0 Å². The fourth-order valence-electron chi connectivity index (χ4n) is 2.93. The molecule has 25 heavy (non-hydrogen) atoms. The quantitative estimate of drug-likeness (QED) is 0.246. The number of unbranched alkanes of at least 4 members (excludes halogenated alkanes) is 11. The Morgan fingerprint density at radius 1 is 0.680 bits per heavy atom. The first-order chi connectivity index (χ1) is 11.6. The van der Waals surface area contributed by atoms with Crippen LogP contribution in [0.3, 0.4) is 0 Å². The number of hydrogen-bond donors (Lipinski definition) is 2. The molecule has 0 aliphatic carbocycles. The smallest absolute Gasteiger partial charge is 0.262 e. The zero-order valence-corrected chi connectivity index (χ0v) is 18.1. The minimum atomic E-state index is -4.89. The van der Waals surface area contributed by atoms with Gasteiger partial charge >= 0.3 is 0 Å². The van der Waals surface area contributed by atoms with Crippen LogP contribution in [-0.2, 0) is 4.57 Å². The Balaban J connectivity index is 0. The monoisotopic (exact) mass is 381 g/mol. The second-order valence-corrected chi connectivity index (χ2v) is 8.74. The van der Waals surface area contributed by atoms with Crippen LogP contribution >= 0.6 is 7.82 Å². The Hall–Kier alpha value is 0.0700. The van der Waals surface area contributed by atoms with Crippen molar-refractivity contribution in [2.75, 3.05) is 27.2 Å². The lowest BCUT2D eigenvalue weighted by Gasteiger charge is -2.30. The molecule has 0 saturated carbocycles. The van der Waals surface area contributed by atoms with Crippen LogP contribution in [0.25, 0.3) is 0 Å². The van der Waals surface area contributed by atoms with Crippen molar-refractivity contribution in [3.05, 3.63) is 0 Å². The van der Waals surface area contributed by atoms with Gasteiger partial charge in [-0.15, -0.1) is 0 Å². The van der Waals surface area contributed by atoms with Crippen LogP contribution in [0, 0.1) is 0 Å². The third-order valence-corrected chi connectivity index (χ3v) is 4.48. The largest absolute Gasteiger partial charge is 0.756 e. The third-order valence-electron chi connectivity index (χ3n) is 4.48. The van der Waals surface area contributed by atoms with Crippen LogP contribution in [0.2, 0.25) is 0 Å². The van der Waals surface area contributed by atoms with E-state index in [0.717, 1.165) is 0 Å². The van der Waals surface area contributed by atoms with Crippen molar-refractivity contribution in [3.8, 4) is 0 Å². The van der Waals surface area contributed by atoms with Gasteiger partial charge in [0.1, 0.15) is 0 Å². The maximum Gasteiger partial charge on any atom is 0.262 e. The van der Waals surface area contributed by atoms with Crippen LogP contribution < -0.4 is 4.89 Å². The van der Waals surface area contributed by atoms with Crippen molar-refractivity contribution in [2.45, 2.75) is 97.3 Å². The van der Waals surface area contributed by atoms with Gasteiger partial charge in [-0.1, -0.05) is 71.6 Å². The van der Waals surface area contributed by atoms with E-state index >= 15 is 0 Å². The van der Waals surface area contributed by atoms with Gasteiger partial charge in [0.2, 0.25) is 0 Å². The minimum absolute atomic E-state index is 1.24. The lowest BCUT2D eigenvalue weighted by Crippen LogP contribution is -2.41. The summed E-state index contributed by atoms with van der Waals surface area (Å²) in [5.74, 6) is 0. The highest BCUT2D eigenvalue weighted by Gasteiger charge is 2.13. The average molecular weight is 382 g/mol. The van der Waals surface area contributed by atoms with Crippen molar-refractivity contribution in [3.63, 3.8) is 0 Å². The Bertz CT molecular complexity index is 310. The maximum absolute atomic E-state index is 8.77. The van der Waals surface area contributed by atoms with Gasteiger partial charge in [0.25, 0.3) is 7.82 Å². The Morgan fingerprint density at radius 3 is 1.24 bits per heavy atom. The van der Waals surface area contributed by atoms with Crippen molar-refractivity contribution in [1.82, 2.24) is 0 Å². The van der Waals surface area contributed by atoms with Gasteiger partial charge in [0, 0.05) is 0 Å². The highest BCUT2D eigenvalue weighted by Crippen LogP contribution is 2.19. The molecule has 0 bridgehead atoms. The molecular formula is C19H44NO4P. The van der Waals surface area contributed by atoms with E-state index in [1.165, 1.54) is 101 Å². The number of phosphoric acid groups is 1. The van der Waals surface area contributed by atoms with Crippen molar-refractivity contribution >= 4 is 7.82 Å². The van der Waals surface area contributed by atoms with Gasteiger partial charge in [-0.2, -0.15) is 0 Å². The molecule has 0 radical (unpaired) electrons. The highest BCUT2D eigenvalue weighted by atomic mass is 31.2. The number of hydrogen-bond acceptors (Lipinski definition) is 2. The molecule has 0 saturated heterocycles. The fourth-order valence-corrected chi connectivity index (χ4v) is 2.93. The van der Waals surface area contributed by atoms with Gasteiger partial charge in [-0.05, 0) is 25.7 Å². The molecule has 0 unspecified atom stereocenters. The second kappa shape index (κ2) is 17.5. The topological polar surface area (TPSA) is 80.6 Å². The van der Waals surface area contributed by atoms with E-state index in [4.69, 9.17) is 19.2 Å². The molecule has 0 spiro atoms. The number of nitrogens with zero attached hydrogens (tertiary/aromatic N) is 1. The van der Waals surface area contributed by atoms with Gasteiger partial charge < -0.3 is 19.2 Å².